The van der Waals surface area contributed by atoms with E-state index in [4.69, 9.17) is 9.47 Å². The quantitative estimate of drug-likeness (QED) is 0.606. The highest BCUT2D eigenvalue weighted by molar-refractivity contribution is 5.79. The summed E-state index contributed by atoms with van der Waals surface area (Å²) < 4.78 is 9.96. The minimum Gasteiger partial charge on any atom is -0.381 e. The summed E-state index contributed by atoms with van der Waals surface area (Å²) in [5.74, 6) is 0.689. The number of ether oxygens (including phenoxy) is 2. The molecule has 4 nitrogen and oxygen atoms in total. The van der Waals surface area contributed by atoms with Crippen molar-refractivity contribution < 1.29 is 19.1 Å². The molecule has 2 rings (SSSR count). The van der Waals surface area contributed by atoms with Crippen LogP contribution in [0.3, 0.4) is 0 Å². The third-order valence-corrected chi connectivity index (χ3v) is 2.32. The summed E-state index contributed by atoms with van der Waals surface area (Å²) in [7, 11) is 0. The maximum atomic E-state index is 10.6. The normalized spacial score (nSPS) is 22.7. The Bertz CT molecular complexity index is 195. The number of rotatable bonds is 0. The molecule has 0 aromatic carbocycles. The third kappa shape index (κ3) is 6.36. The summed E-state index contributed by atoms with van der Waals surface area (Å²) in [4.78, 5) is 21.0. The SMILES string of the molecule is O=C1CCCOCC1.O=C1CCOCC1. The van der Waals surface area contributed by atoms with Crippen molar-refractivity contribution in [2.45, 2.75) is 32.1 Å². The van der Waals surface area contributed by atoms with Crippen LogP contribution in [0.1, 0.15) is 32.1 Å². The molecule has 0 aromatic heterocycles. The lowest BCUT2D eigenvalue weighted by Crippen LogP contribution is -2.14. The zero-order valence-corrected chi connectivity index (χ0v) is 9.00. The van der Waals surface area contributed by atoms with Gasteiger partial charge in [0, 0.05) is 32.3 Å². The molecule has 0 amide bonds. The molecular formula is C11H18O4. The van der Waals surface area contributed by atoms with Crippen LogP contribution in [0.5, 0.6) is 0 Å². The Labute approximate surface area is 89.9 Å². The van der Waals surface area contributed by atoms with Gasteiger partial charge in [0.2, 0.25) is 0 Å². The Morgan fingerprint density at radius 3 is 1.67 bits per heavy atom. The van der Waals surface area contributed by atoms with Crippen LogP contribution in [-0.2, 0) is 19.1 Å². The van der Waals surface area contributed by atoms with E-state index >= 15 is 0 Å². The average Bonchev–Trinajstić information content (AvgIpc) is 2.48. The second-order valence-corrected chi connectivity index (χ2v) is 3.66. The van der Waals surface area contributed by atoms with E-state index in [2.05, 4.69) is 0 Å². The number of ketones is 2. The fourth-order valence-corrected chi connectivity index (χ4v) is 1.38. The average molecular weight is 214 g/mol. The maximum Gasteiger partial charge on any atom is 0.137 e. The van der Waals surface area contributed by atoms with Gasteiger partial charge in [-0.3, -0.25) is 9.59 Å². The molecule has 2 saturated heterocycles. The van der Waals surface area contributed by atoms with Crippen molar-refractivity contribution in [3.8, 4) is 0 Å². The van der Waals surface area contributed by atoms with Gasteiger partial charge < -0.3 is 9.47 Å². The topological polar surface area (TPSA) is 52.6 Å². The molecule has 0 radical (unpaired) electrons. The van der Waals surface area contributed by atoms with Crippen LogP contribution in [0, 0.1) is 0 Å². The van der Waals surface area contributed by atoms with Crippen molar-refractivity contribution in [1.29, 1.82) is 0 Å². The standard InChI is InChI=1S/C6H10O2.C5H8O2/c7-6-2-1-4-8-5-3-6;6-5-1-3-7-4-2-5/h1-5H2;1-4H2. The van der Waals surface area contributed by atoms with Crippen molar-refractivity contribution >= 4 is 11.6 Å². The van der Waals surface area contributed by atoms with Gasteiger partial charge in [-0.05, 0) is 6.42 Å². The van der Waals surface area contributed by atoms with Crippen LogP contribution in [0.2, 0.25) is 0 Å². The molecule has 0 bridgehead atoms. The van der Waals surface area contributed by atoms with Gasteiger partial charge >= 0.3 is 0 Å². The first-order chi connectivity index (χ1) is 7.29. The Morgan fingerprint density at radius 1 is 0.667 bits per heavy atom. The van der Waals surface area contributed by atoms with Crippen LogP contribution >= 0.6 is 0 Å². The van der Waals surface area contributed by atoms with Crippen molar-refractivity contribution in [2.24, 2.45) is 0 Å². The predicted octanol–water partition coefficient (Wildman–Crippen LogP) is 1.12. The molecule has 0 N–H and O–H groups in total. The van der Waals surface area contributed by atoms with Gasteiger partial charge in [-0.2, -0.15) is 0 Å². The molecule has 15 heavy (non-hydrogen) atoms. The first kappa shape index (κ1) is 12.3. The van der Waals surface area contributed by atoms with Crippen LogP contribution < -0.4 is 0 Å². The maximum absolute atomic E-state index is 10.6. The highest BCUT2D eigenvalue weighted by Gasteiger charge is 2.06. The molecule has 0 atom stereocenters. The number of hydrogen-bond donors (Lipinski definition) is 0. The Balaban J connectivity index is 0.000000151. The summed E-state index contributed by atoms with van der Waals surface area (Å²) >= 11 is 0. The van der Waals surface area contributed by atoms with Crippen LogP contribution in [-0.4, -0.2) is 38.0 Å². The smallest absolute Gasteiger partial charge is 0.137 e. The summed E-state index contributed by atoms with van der Waals surface area (Å²) in [6.45, 7) is 2.68. The van der Waals surface area contributed by atoms with Crippen LogP contribution in [0.4, 0.5) is 0 Å². The highest BCUT2D eigenvalue weighted by atomic mass is 16.5. The van der Waals surface area contributed by atoms with Crippen LogP contribution in [0.15, 0.2) is 0 Å². The number of hydrogen-bond acceptors (Lipinski definition) is 4. The Kier molecular flexibility index (Phi) is 6.20. The van der Waals surface area contributed by atoms with Gasteiger partial charge in [0.25, 0.3) is 0 Å². The first-order valence-electron chi connectivity index (χ1n) is 5.48. The summed E-state index contributed by atoms with van der Waals surface area (Å²) in [5.41, 5.74) is 0. The molecule has 0 saturated carbocycles. The second-order valence-electron chi connectivity index (χ2n) is 3.66. The van der Waals surface area contributed by atoms with E-state index in [0.29, 0.717) is 50.6 Å². The predicted molar refractivity (Wildman–Crippen MR) is 54.7 cm³/mol. The van der Waals surface area contributed by atoms with Crippen molar-refractivity contribution in [1.82, 2.24) is 0 Å². The Hall–Kier alpha value is -0.740. The lowest BCUT2D eigenvalue weighted by atomic mass is 10.2. The van der Waals surface area contributed by atoms with Gasteiger partial charge in [-0.25, -0.2) is 0 Å². The number of carbonyl (C=O) groups excluding carboxylic acids is 2. The molecule has 0 unspecified atom stereocenters. The lowest BCUT2D eigenvalue weighted by molar-refractivity contribution is -0.124. The fraction of sp³-hybridized carbons (Fsp3) is 0.818. The Morgan fingerprint density at radius 2 is 1.13 bits per heavy atom. The molecule has 2 aliphatic heterocycles. The lowest BCUT2D eigenvalue weighted by Gasteiger charge is -2.07. The molecule has 86 valence electrons. The highest BCUT2D eigenvalue weighted by Crippen LogP contribution is 2.01. The molecule has 2 fully saturated rings. The van der Waals surface area contributed by atoms with Gasteiger partial charge in [-0.1, -0.05) is 0 Å². The number of Topliss-reactive ketones (excluding diaryl/α,β-unsaturated/α-hetero) is 2. The summed E-state index contributed by atoms with van der Waals surface area (Å²) in [5, 5.41) is 0. The monoisotopic (exact) mass is 214 g/mol. The molecule has 4 heteroatoms. The molecule has 0 aromatic rings. The molecule has 2 heterocycles. The van der Waals surface area contributed by atoms with E-state index in [1.165, 1.54) is 0 Å². The van der Waals surface area contributed by atoms with Gasteiger partial charge in [0.15, 0.2) is 0 Å². The van der Waals surface area contributed by atoms with Gasteiger partial charge in [0.1, 0.15) is 11.6 Å². The van der Waals surface area contributed by atoms with Crippen molar-refractivity contribution in [3.63, 3.8) is 0 Å². The zero-order valence-electron chi connectivity index (χ0n) is 9.00. The molecule has 2 aliphatic rings. The van der Waals surface area contributed by atoms with Gasteiger partial charge in [-0.15, -0.1) is 0 Å². The fourth-order valence-electron chi connectivity index (χ4n) is 1.38. The largest absolute Gasteiger partial charge is 0.381 e. The third-order valence-electron chi connectivity index (χ3n) is 2.32. The van der Waals surface area contributed by atoms with Crippen molar-refractivity contribution in [2.75, 3.05) is 26.4 Å². The van der Waals surface area contributed by atoms with E-state index in [9.17, 15) is 9.59 Å². The van der Waals surface area contributed by atoms with Crippen LogP contribution in [0.25, 0.3) is 0 Å². The minimum absolute atomic E-state index is 0.339. The van der Waals surface area contributed by atoms with E-state index in [1.54, 1.807) is 0 Å². The first-order valence-corrected chi connectivity index (χ1v) is 5.48. The van der Waals surface area contributed by atoms with Gasteiger partial charge in [0.05, 0.1) is 19.8 Å². The summed E-state index contributed by atoms with van der Waals surface area (Å²) in [6, 6.07) is 0. The molecule has 0 aliphatic carbocycles. The molecular weight excluding hydrogens is 196 g/mol. The molecule has 0 spiro atoms. The minimum atomic E-state index is 0.339. The second kappa shape index (κ2) is 7.54. The number of carbonyl (C=O) groups is 2. The zero-order chi connectivity index (χ0) is 10.9. The van der Waals surface area contributed by atoms with Crippen molar-refractivity contribution in [3.05, 3.63) is 0 Å². The van der Waals surface area contributed by atoms with E-state index in [-0.39, 0.29) is 0 Å². The summed E-state index contributed by atoms with van der Waals surface area (Å²) in [6.07, 6.45) is 3.51. The van der Waals surface area contributed by atoms with E-state index < -0.39 is 0 Å². The van der Waals surface area contributed by atoms with E-state index in [0.717, 1.165) is 19.4 Å². The van der Waals surface area contributed by atoms with E-state index in [1.807, 2.05) is 0 Å².